The Balaban J connectivity index is 0.00000462. The Morgan fingerprint density at radius 2 is 1.05 bits per heavy atom. The third-order valence-corrected chi connectivity index (χ3v) is 8.89. The summed E-state index contributed by atoms with van der Waals surface area (Å²) >= 11 is 0. The molecule has 0 aliphatic rings. The van der Waals surface area contributed by atoms with Crippen molar-refractivity contribution in [1.82, 2.24) is 54.1 Å². The maximum Gasteiger partial charge on any atom is 1.00 e. The van der Waals surface area contributed by atoms with E-state index in [1.54, 1.807) is 0 Å². The fourth-order valence-corrected chi connectivity index (χ4v) is 5.88. The smallest absolute Gasteiger partial charge is 0.844 e. The van der Waals surface area contributed by atoms with Crippen LogP contribution in [0.25, 0.3) is 28.1 Å². The molecule has 2 aromatic carbocycles. The third-order valence-electron chi connectivity index (χ3n) is 8.89. The minimum absolute atomic E-state index is 0. The number of carbonyl (C=O) groups is 2. The van der Waals surface area contributed by atoms with E-state index in [1.165, 1.54) is 58.2 Å². The number of benzene rings is 2. The van der Waals surface area contributed by atoms with Gasteiger partial charge in [-0.05, 0) is 11.4 Å². The van der Waals surface area contributed by atoms with E-state index < -0.39 is 28.8 Å². The number of rotatable bonds is 10. The van der Waals surface area contributed by atoms with Crippen LogP contribution in [0.2, 0.25) is 0 Å². The van der Waals surface area contributed by atoms with E-state index in [-0.39, 0.29) is 198 Å². The average molecular weight is 968 g/mol. The predicted octanol–water partition coefficient (Wildman–Crippen LogP) is -13.1. The summed E-state index contributed by atoms with van der Waals surface area (Å²) < 4.78 is 4.48. The van der Waals surface area contributed by atoms with Gasteiger partial charge in [0.25, 0.3) is 17.6 Å². The zero-order valence-corrected chi connectivity index (χ0v) is 41.6. The van der Waals surface area contributed by atoms with Gasteiger partial charge in [0.2, 0.25) is 0 Å². The molecule has 0 saturated carbocycles. The van der Waals surface area contributed by atoms with Crippen molar-refractivity contribution in [2.45, 2.75) is 52.4 Å². The molecule has 0 atom stereocenters. The van der Waals surface area contributed by atoms with Gasteiger partial charge >= 0.3 is 107 Å². The number of carboxylic acid groups (broad SMARTS) is 2. The van der Waals surface area contributed by atoms with Gasteiger partial charge in [-0.3, -0.25) is 9.36 Å². The minimum Gasteiger partial charge on any atom is -0.844 e. The van der Waals surface area contributed by atoms with Gasteiger partial charge < -0.3 is 36.4 Å². The molecular weight excluding hydrogens is 937 g/mol. The van der Waals surface area contributed by atoms with Crippen LogP contribution in [0, 0.1) is 30.0 Å². The standard InChI is InChI=1S/C39H33N19O5.2CO2.5Li/c1-38(2,3)27-25(49-51-31-21(16-40)17-44-55(31)22-12-8-10-19(14-22)33(59)60)29(41)57(53-27)35-46-36(48-37(63)47-35)58-30(42)26(28(54-58)39(4,5)6)50-52-32-24(43-7)18-45-56(32)23-13-9-11-20(15-23)34(61)62;2*2-1-3;;;;;/h10-15,17-18H,41-42H2,1-6H3,(H,59,60)(H,61,62)(H,46,47,48,63);;;;;;;/q-2;;;5*+1/p-3. The van der Waals surface area contributed by atoms with Gasteiger partial charge in [-0.15, -0.1) is 43.7 Å². The number of aromatic carboxylic acids is 2. The topological polar surface area (TPSA) is 411 Å². The number of hydrogen-bond acceptors (Lipinski definition) is 23. The Kier molecular flexibility index (Phi) is 25.3. The van der Waals surface area contributed by atoms with Crippen LogP contribution in [0.15, 0.2) is 69.2 Å². The summed E-state index contributed by atoms with van der Waals surface area (Å²) in [6.07, 6.45) is 2.95. The first-order valence-corrected chi connectivity index (χ1v) is 19.1. The summed E-state index contributed by atoms with van der Waals surface area (Å²) in [5, 5.41) is 81.0. The number of anilines is 2. The second kappa shape index (κ2) is 28.1. The van der Waals surface area contributed by atoms with Gasteiger partial charge in [0.05, 0.1) is 36.4 Å². The second-order valence-corrected chi connectivity index (χ2v) is 15.6. The van der Waals surface area contributed by atoms with E-state index in [9.17, 15) is 30.2 Å². The first kappa shape index (κ1) is 66.6. The molecule has 5 heterocycles. The summed E-state index contributed by atoms with van der Waals surface area (Å²) in [5.41, 5.74) is 12.3. The van der Waals surface area contributed by atoms with Gasteiger partial charge in [0, 0.05) is 22.8 Å². The van der Waals surface area contributed by atoms with Crippen LogP contribution in [0.1, 0.15) is 79.2 Å². The molecular formula is C41H30Li5N19O9. The Hall–Kier alpha value is -7.44. The molecule has 0 unspecified atom stereocenters. The monoisotopic (exact) mass is 967 g/mol. The molecule has 0 amide bonds. The van der Waals surface area contributed by atoms with E-state index >= 15 is 0 Å². The molecule has 0 bridgehead atoms. The molecule has 7 aromatic rings. The maximum absolute atomic E-state index is 13.2. The van der Waals surface area contributed by atoms with Crippen LogP contribution in [-0.2, 0) is 30.0 Å². The average Bonchev–Trinajstić information content (AvgIpc) is 4.07. The Bertz CT molecular complexity index is 3150. The van der Waals surface area contributed by atoms with Crippen molar-refractivity contribution in [3.05, 3.63) is 100 Å². The van der Waals surface area contributed by atoms with Gasteiger partial charge in [0.15, 0.2) is 34.6 Å². The molecule has 0 spiro atoms. The predicted molar refractivity (Wildman–Crippen MR) is 223 cm³/mol. The van der Waals surface area contributed by atoms with Gasteiger partial charge in [0.1, 0.15) is 11.6 Å². The van der Waals surface area contributed by atoms with Crippen LogP contribution < -0.4 is 121 Å². The van der Waals surface area contributed by atoms with Crippen LogP contribution in [0.4, 0.5) is 40.3 Å². The third kappa shape index (κ3) is 14.8. The number of hydrogen-bond donors (Lipinski definition) is 2. The molecule has 0 aliphatic carbocycles. The summed E-state index contributed by atoms with van der Waals surface area (Å²) in [7, 11) is 0. The summed E-state index contributed by atoms with van der Waals surface area (Å²) in [6.45, 7) is 18.6. The van der Waals surface area contributed by atoms with Crippen molar-refractivity contribution in [2.24, 2.45) is 20.5 Å². The molecule has 0 aliphatic heterocycles. The van der Waals surface area contributed by atoms with Crippen molar-refractivity contribution in [1.29, 1.82) is 5.26 Å². The number of azo groups is 2. The molecule has 348 valence electrons. The number of nitrogens with zero attached hydrogens (tertiary/aromatic N) is 17. The van der Waals surface area contributed by atoms with Crippen LogP contribution >= 0.6 is 0 Å². The normalized spacial score (nSPS) is 10.4. The van der Waals surface area contributed by atoms with E-state index in [0.717, 1.165) is 9.36 Å². The SMILES string of the molecule is O=C=O.O=C=O.[C-]#[N+]c1cnn(-c2c[c-]cc(C(=O)[O-])c2)c1N=Nc1c(C(C)(C)C)nn(-c2nc([O-])nc(-n3nc(C(C)(C)C)c(N=Nc4c(C#N)cnn4-c4c[c-]cc(C(=O)[O-])c4)c3N)n2)c1N.[Li+].[Li+].[Li+].[Li+].[Li+]. The van der Waals surface area contributed by atoms with Gasteiger partial charge in [-0.25, -0.2) is 14.8 Å². The molecule has 4 N–H and O–H groups in total. The zero-order valence-electron chi connectivity index (χ0n) is 41.6. The molecule has 0 radical (unpaired) electrons. The molecule has 0 saturated heterocycles. The van der Waals surface area contributed by atoms with Crippen molar-refractivity contribution in [3.63, 3.8) is 0 Å². The Labute approximate surface area is 478 Å². The Morgan fingerprint density at radius 1 is 0.662 bits per heavy atom. The fourth-order valence-electron chi connectivity index (χ4n) is 5.88. The van der Waals surface area contributed by atoms with Gasteiger partial charge in [-0.1, -0.05) is 41.5 Å². The molecule has 5 aromatic heterocycles. The molecule has 28 nitrogen and oxygen atoms in total. The number of nitrogens with two attached hydrogens (primary N) is 2. The fraction of sp³-hybridized carbons (Fsp3) is 0.195. The quantitative estimate of drug-likeness (QED) is 0.0730. The van der Waals surface area contributed by atoms with Crippen LogP contribution in [0.3, 0.4) is 0 Å². The van der Waals surface area contributed by atoms with E-state index in [4.69, 9.17) is 37.2 Å². The van der Waals surface area contributed by atoms with Crippen LogP contribution in [-0.4, -0.2) is 78.3 Å². The van der Waals surface area contributed by atoms with Crippen molar-refractivity contribution in [3.8, 4) is 35.4 Å². The van der Waals surface area contributed by atoms with Crippen LogP contribution in [0.5, 0.6) is 6.01 Å². The van der Waals surface area contributed by atoms with Gasteiger partial charge in [-0.2, -0.15) is 95.6 Å². The molecule has 0 fully saturated rings. The molecule has 33 heteroatoms. The second-order valence-electron chi connectivity index (χ2n) is 15.6. The first-order chi connectivity index (χ1) is 32.6. The molecule has 74 heavy (non-hydrogen) atoms. The Morgan fingerprint density at radius 3 is 1.43 bits per heavy atom. The maximum atomic E-state index is 13.2. The summed E-state index contributed by atoms with van der Waals surface area (Å²) in [5.74, 6) is -4.11. The van der Waals surface area contributed by atoms with E-state index in [2.05, 4.69) is 72.8 Å². The number of nitriles is 1. The number of nitrogen functional groups attached to an aromatic ring is 2. The van der Waals surface area contributed by atoms with Crippen molar-refractivity contribution < 1.29 is 138 Å². The minimum atomic E-state index is -1.45. The largest absolute Gasteiger partial charge is 1.00 e. The molecule has 7 rings (SSSR count). The summed E-state index contributed by atoms with van der Waals surface area (Å²) in [6, 6.07) is 14.2. The first-order valence-electron chi connectivity index (χ1n) is 19.1. The van der Waals surface area contributed by atoms with Crippen molar-refractivity contribution in [2.75, 3.05) is 11.5 Å². The summed E-state index contributed by atoms with van der Waals surface area (Å²) in [4.78, 5) is 71.4. The van der Waals surface area contributed by atoms with Crippen molar-refractivity contribution >= 4 is 64.6 Å². The number of carboxylic acids is 2. The number of carbonyl (C=O) groups excluding carboxylic acids is 6. The number of aromatic nitrogens is 11. The van der Waals surface area contributed by atoms with E-state index in [1.807, 2.05) is 47.6 Å². The zero-order chi connectivity index (χ0) is 51.0. The van der Waals surface area contributed by atoms with E-state index in [0.29, 0.717) is 0 Å².